The molecule has 1 N–H and O–H groups in total. The maximum atomic E-state index is 5.22. The predicted octanol–water partition coefficient (Wildman–Crippen LogP) is 3.36. The Labute approximate surface area is 107 Å². The van der Waals surface area contributed by atoms with E-state index in [4.69, 9.17) is 4.74 Å². The van der Waals surface area contributed by atoms with Gasteiger partial charge in [0.25, 0.3) is 0 Å². The molecule has 2 nitrogen and oxygen atoms in total. The molecule has 2 atom stereocenters. The molecule has 2 aliphatic carbocycles. The van der Waals surface area contributed by atoms with Crippen molar-refractivity contribution in [2.45, 2.75) is 64.3 Å². The molecule has 0 radical (unpaired) electrons. The molecule has 0 aromatic rings. The second-order valence-corrected chi connectivity index (χ2v) is 6.18. The van der Waals surface area contributed by atoms with Crippen LogP contribution < -0.4 is 5.32 Å². The summed E-state index contributed by atoms with van der Waals surface area (Å²) in [6.45, 7) is 4.52. The van der Waals surface area contributed by atoms with Crippen molar-refractivity contribution in [2.24, 2.45) is 11.3 Å². The third kappa shape index (κ3) is 3.69. The summed E-state index contributed by atoms with van der Waals surface area (Å²) in [5.74, 6) is 0.932. The SMILES string of the molecule is CCC1CCCCC1NCC1(CCOC)CC1. The zero-order valence-corrected chi connectivity index (χ0v) is 11.6. The topological polar surface area (TPSA) is 21.3 Å². The van der Waals surface area contributed by atoms with E-state index in [9.17, 15) is 0 Å². The molecule has 2 rings (SSSR count). The van der Waals surface area contributed by atoms with Gasteiger partial charge in [-0.15, -0.1) is 0 Å². The summed E-state index contributed by atoms with van der Waals surface area (Å²) >= 11 is 0. The maximum Gasteiger partial charge on any atom is 0.0468 e. The summed E-state index contributed by atoms with van der Waals surface area (Å²) in [5.41, 5.74) is 0.603. The molecule has 100 valence electrons. The first kappa shape index (κ1) is 13.4. The van der Waals surface area contributed by atoms with Crippen LogP contribution in [0.25, 0.3) is 0 Å². The molecular weight excluding hydrogens is 210 g/mol. The number of rotatable bonds is 7. The van der Waals surface area contributed by atoms with Crippen LogP contribution in [0.5, 0.6) is 0 Å². The molecule has 0 aromatic heterocycles. The van der Waals surface area contributed by atoms with Crippen LogP contribution >= 0.6 is 0 Å². The summed E-state index contributed by atoms with van der Waals surface area (Å²) in [5, 5.41) is 3.88. The van der Waals surface area contributed by atoms with Crippen molar-refractivity contribution in [2.75, 3.05) is 20.3 Å². The quantitative estimate of drug-likeness (QED) is 0.735. The molecule has 0 amide bonds. The Bertz CT molecular complexity index is 225. The molecule has 0 bridgehead atoms. The molecule has 2 saturated carbocycles. The van der Waals surface area contributed by atoms with Crippen LogP contribution in [0.3, 0.4) is 0 Å². The number of nitrogens with one attached hydrogen (secondary N) is 1. The Hall–Kier alpha value is -0.0800. The number of hydrogen-bond donors (Lipinski definition) is 1. The van der Waals surface area contributed by atoms with Gasteiger partial charge in [-0.25, -0.2) is 0 Å². The van der Waals surface area contributed by atoms with Gasteiger partial charge in [0.2, 0.25) is 0 Å². The Morgan fingerprint density at radius 1 is 1.24 bits per heavy atom. The maximum absolute atomic E-state index is 5.22. The molecule has 17 heavy (non-hydrogen) atoms. The van der Waals surface area contributed by atoms with Gasteiger partial charge in [0.1, 0.15) is 0 Å². The minimum atomic E-state index is 0.603. The average Bonchev–Trinajstić information content (AvgIpc) is 3.15. The average molecular weight is 239 g/mol. The lowest BCUT2D eigenvalue weighted by Gasteiger charge is -2.33. The van der Waals surface area contributed by atoms with Gasteiger partial charge in [0.15, 0.2) is 0 Å². The van der Waals surface area contributed by atoms with Crippen LogP contribution in [0.4, 0.5) is 0 Å². The van der Waals surface area contributed by atoms with Crippen LogP contribution in [0, 0.1) is 11.3 Å². The van der Waals surface area contributed by atoms with Gasteiger partial charge in [-0.3, -0.25) is 0 Å². The first-order chi connectivity index (χ1) is 8.29. The Morgan fingerprint density at radius 2 is 2.00 bits per heavy atom. The van der Waals surface area contributed by atoms with Crippen molar-refractivity contribution in [1.29, 1.82) is 0 Å². The van der Waals surface area contributed by atoms with E-state index < -0.39 is 0 Å². The van der Waals surface area contributed by atoms with Gasteiger partial charge < -0.3 is 10.1 Å². The summed E-state index contributed by atoms with van der Waals surface area (Å²) in [4.78, 5) is 0. The first-order valence-electron chi connectivity index (χ1n) is 7.52. The Balaban J connectivity index is 1.73. The third-order valence-corrected chi connectivity index (χ3v) is 4.97. The van der Waals surface area contributed by atoms with Crippen LogP contribution in [-0.4, -0.2) is 26.3 Å². The van der Waals surface area contributed by atoms with Crippen LogP contribution in [-0.2, 0) is 4.74 Å². The second kappa shape index (κ2) is 6.19. The monoisotopic (exact) mass is 239 g/mol. The van der Waals surface area contributed by atoms with E-state index in [0.717, 1.165) is 18.6 Å². The van der Waals surface area contributed by atoms with E-state index >= 15 is 0 Å². The molecule has 2 fully saturated rings. The lowest BCUT2D eigenvalue weighted by Crippen LogP contribution is -2.41. The van der Waals surface area contributed by atoms with E-state index in [1.165, 1.54) is 57.9 Å². The van der Waals surface area contributed by atoms with E-state index in [1.54, 1.807) is 0 Å². The van der Waals surface area contributed by atoms with Crippen molar-refractivity contribution in [3.8, 4) is 0 Å². The molecule has 0 spiro atoms. The van der Waals surface area contributed by atoms with Crippen LogP contribution in [0.2, 0.25) is 0 Å². The summed E-state index contributed by atoms with van der Waals surface area (Å²) < 4.78 is 5.22. The Morgan fingerprint density at radius 3 is 2.65 bits per heavy atom. The van der Waals surface area contributed by atoms with E-state index in [-0.39, 0.29) is 0 Å². The molecule has 2 heteroatoms. The predicted molar refractivity (Wildman–Crippen MR) is 72.2 cm³/mol. The lowest BCUT2D eigenvalue weighted by atomic mass is 9.82. The molecule has 0 aromatic carbocycles. The molecule has 0 heterocycles. The minimum Gasteiger partial charge on any atom is -0.385 e. The van der Waals surface area contributed by atoms with Gasteiger partial charge >= 0.3 is 0 Å². The normalized spacial score (nSPS) is 31.4. The minimum absolute atomic E-state index is 0.603. The van der Waals surface area contributed by atoms with Gasteiger partial charge in [0.05, 0.1) is 0 Å². The van der Waals surface area contributed by atoms with Crippen molar-refractivity contribution in [3.05, 3.63) is 0 Å². The van der Waals surface area contributed by atoms with Crippen molar-refractivity contribution in [3.63, 3.8) is 0 Å². The molecule has 2 aliphatic rings. The first-order valence-corrected chi connectivity index (χ1v) is 7.52. The van der Waals surface area contributed by atoms with Crippen LogP contribution in [0.1, 0.15) is 58.3 Å². The fraction of sp³-hybridized carbons (Fsp3) is 1.00. The highest BCUT2D eigenvalue weighted by molar-refractivity contribution is 4.96. The van der Waals surface area contributed by atoms with Gasteiger partial charge in [-0.05, 0) is 43.4 Å². The Kier molecular flexibility index (Phi) is 4.87. The van der Waals surface area contributed by atoms with E-state index in [1.807, 2.05) is 7.11 Å². The van der Waals surface area contributed by atoms with Crippen molar-refractivity contribution in [1.82, 2.24) is 5.32 Å². The lowest BCUT2D eigenvalue weighted by molar-refractivity contribution is 0.165. The van der Waals surface area contributed by atoms with E-state index in [0.29, 0.717) is 5.41 Å². The molecule has 2 unspecified atom stereocenters. The van der Waals surface area contributed by atoms with Crippen molar-refractivity contribution < 1.29 is 4.74 Å². The number of methoxy groups -OCH3 is 1. The highest BCUT2D eigenvalue weighted by atomic mass is 16.5. The zero-order chi connectivity index (χ0) is 12.1. The molecular formula is C15H29NO. The van der Waals surface area contributed by atoms with E-state index in [2.05, 4.69) is 12.2 Å². The standard InChI is InChI=1S/C15H29NO/c1-3-13-6-4-5-7-14(13)16-12-15(8-9-15)10-11-17-2/h13-14,16H,3-12H2,1-2H3. The number of ether oxygens (including phenoxy) is 1. The fourth-order valence-corrected chi connectivity index (χ4v) is 3.32. The summed E-state index contributed by atoms with van der Waals surface area (Å²) in [6, 6.07) is 0.800. The highest BCUT2D eigenvalue weighted by Gasteiger charge is 2.42. The second-order valence-electron chi connectivity index (χ2n) is 6.18. The van der Waals surface area contributed by atoms with Gasteiger partial charge in [-0.2, -0.15) is 0 Å². The third-order valence-electron chi connectivity index (χ3n) is 4.97. The fourth-order valence-electron chi connectivity index (χ4n) is 3.32. The van der Waals surface area contributed by atoms with Crippen molar-refractivity contribution >= 4 is 0 Å². The smallest absolute Gasteiger partial charge is 0.0468 e. The summed E-state index contributed by atoms with van der Waals surface area (Å²) in [7, 11) is 1.82. The van der Waals surface area contributed by atoms with Crippen LogP contribution in [0.15, 0.2) is 0 Å². The molecule has 0 saturated heterocycles. The zero-order valence-electron chi connectivity index (χ0n) is 11.6. The molecule has 0 aliphatic heterocycles. The van der Waals surface area contributed by atoms with Gasteiger partial charge in [0, 0.05) is 26.3 Å². The van der Waals surface area contributed by atoms with Gasteiger partial charge in [-0.1, -0.05) is 26.2 Å². The largest absolute Gasteiger partial charge is 0.385 e. The summed E-state index contributed by atoms with van der Waals surface area (Å²) in [6.07, 6.45) is 11.1. The number of hydrogen-bond acceptors (Lipinski definition) is 2. The highest BCUT2D eigenvalue weighted by Crippen LogP contribution is 2.48.